The van der Waals surface area contributed by atoms with Crippen LogP contribution in [-0.2, 0) is 23.2 Å². The molecule has 3 saturated heterocycles. The highest BCUT2D eigenvalue weighted by atomic mass is 19.4. The van der Waals surface area contributed by atoms with Crippen LogP contribution in [0, 0.1) is 5.92 Å². The first-order chi connectivity index (χ1) is 21.1. The lowest BCUT2D eigenvalue weighted by molar-refractivity contribution is -0.268. The second-order valence-electron chi connectivity index (χ2n) is 12.1. The van der Waals surface area contributed by atoms with Gasteiger partial charge in [-0.3, -0.25) is 4.84 Å². The number of urea groups is 2. The van der Waals surface area contributed by atoms with Gasteiger partial charge < -0.3 is 20.0 Å². The predicted molar refractivity (Wildman–Crippen MR) is 161 cm³/mol. The molecule has 8 nitrogen and oxygen atoms in total. The summed E-state index contributed by atoms with van der Waals surface area (Å²) >= 11 is 0. The Morgan fingerprint density at radius 2 is 1.68 bits per heavy atom. The Hall–Kier alpha value is -3.57. The summed E-state index contributed by atoms with van der Waals surface area (Å²) in [5.41, 5.74) is 0.231. The van der Waals surface area contributed by atoms with E-state index in [1.165, 1.54) is 12.1 Å². The minimum Gasteiger partial charge on any atom is -0.334 e. The molecule has 4 amide bonds. The van der Waals surface area contributed by atoms with E-state index in [-0.39, 0.29) is 30.6 Å². The van der Waals surface area contributed by atoms with Gasteiger partial charge >= 0.3 is 18.2 Å². The Labute approximate surface area is 257 Å². The number of hydrogen-bond acceptors (Lipinski definition) is 4. The number of hydrogen-bond donors (Lipinski definition) is 1. The van der Waals surface area contributed by atoms with E-state index in [0.717, 1.165) is 43.6 Å². The van der Waals surface area contributed by atoms with Gasteiger partial charge in [0.05, 0.1) is 12.1 Å². The number of carbonyl (C=O) groups excluding carboxylic acids is 2. The van der Waals surface area contributed by atoms with Gasteiger partial charge in [-0.05, 0) is 48.9 Å². The zero-order valence-electron chi connectivity index (χ0n) is 25.3. The quantitative estimate of drug-likeness (QED) is 0.379. The normalized spacial score (nSPS) is 23.1. The van der Waals surface area contributed by atoms with E-state index in [4.69, 9.17) is 4.84 Å². The molecule has 2 aromatic carbocycles. The molecule has 2 aromatic rings. The Kier molecular flexibility index (Phi) is 9.84. The Morgan fingerprint density at radius 3 is 2.30 bits per heavy atom. The largest absolute Gasteiger partial charge is 0.416 e. The molecule has 3 heterocycles. The van der Waals surface area contributed by atoms with Crippen LogP contribution in [0.5, 0.6) is 0 Å². The third-order valence-corrected chi connectivity index (χ3v) is 9.09. The first kappa shape index (κ1) is 31.8. The van der Waals surface area contributed by atoms with E-state index >= 15 is 0 Å². The van der Waals surface area contributed by atoms with E-state index in [1.54, 1.807) is 11.0 Å². The van der Waals surface area contributed by atoms with Crippen molar-refractivity contribution >= 4 is 12.1 Å². The molecule has 3 aliphatic rings. The standard InChI is InChI=1S/C33H42F3N5O3/c1-3-17-41(30(42)37-22-26-11-13-28(14-12-26)33(34,35)36)29-15-20-40(21-16-29)44-32(27-9-5-4-6-10-27)24-39(23-25(32)2)31(43)38-18-7-8-19-38/h3-6,9-14,25,29H,1,7-8,15-24H2,2H3,(H,37,42)/t25-,32+/m0/s1. The minimum absolute atomic E-state index is 0.0534. The highest BCUT2D eigenvalue weighted by Gasteiger charge is 2.51. The molecule has 0 bridgehead atoms. The summed E-state index contributed by atoms with van der Waals surface area (Å²) in [7, 11) is 0. The molecule has 1 N–H and O–H groups in total. The van der Waals surface area contributed by atoms with Crippen molar-refractivity contribution in [1.82, 2.24) is 25.1 Å². The molecule has 0 radical (unpaired) electrons. The van der Waals surface area contributed by atoms with Gasteiger partial charge in [-0.15, -0.1) is 6.58 Å². The van der Waals surface area contributed by atoms with Gasteiger partial charge in [0.25, 0.3) is 0 Å². The lowest BCUT2D eigenvalue weighted by Gasteiger charge is -2.42. The van der Waals surface area contributed by atoms with Crippen molar-refractivity contribution < 1.29 is 27.6 Å². The van der Waals surface area contributed by atoms with Gasteiger partial charge in [-0.25, -0.2) is 9.59 Å². The third kappa shape index (κ3) is 7.04. The number of hydroxylamine groups is 2. The van der Waals surface area contributed by atoms with Crippen molar-refractivity contribution in [3.8, 4) is 0 Å². The Morgan fingerprint density at radius 1 is 1.02 bits per heavy atom. The number of benzene rings is 2. The number of nitrogens with zero attached hydrogens (tertiary/aromatic N) is 4. The number of rotatable bonds is 8. The average molecular weight is 614 g/mol. The van der Waals surface area contributed by atoms with Crippen molar-refractivity contribution in [2.24, 2.45) is 5.92 Å². The number of carbonyl (C=O) groups is 2. The summed E-state index contributed by atoms with van der Waals surface area (Å²) in [6, 6.07) is 14.7. The fourth-order valence-corrected chi connectivity index (χ4v) is 6.61. The van der Waals surface area contributed by atoms with Crippen LogP contribution in [0.25, 0.3) is 0 Å². The summed E-state index contributed by atoms with van der Waals surface area (Å²) in [4.78, 5) is 39.0. The summed E-state index contributed by atoms with van der Waals surface area (Å²) in [6.45, 7) is 10.3. The summed E-state index contributed by atoms with van der Waals surface area (Å²) in [5.74, 6) is 0.0717. The number of piperidine rings is 1. The molecule has 0 spiro atoms. The molecule has 44 heavy (non-hydrogen) atoms. The molecule has 3 fully saturated rings. The van der Waals surface area contributed by atoms with E-state index < -0.39 is 17.3 Å². The molecule has 5 rings (SSSR count). The maximum Gasteiger partial charge on any atom is 0.416 e. The van der Waals surface area contributed by atoms with E-state index in [9.17, 15) is 22.8 Å². The van der Waals surface area contributed by atoms with Crippen molar-refractivity contribution in [3.05, 3.63) is 83.9 Å². The predicted octanol–water partition coefficient (Wildman–Crippen LogP) is 5.86. The Bertz CT molecular complexity index is 1280. The first-order valence-electron chi connectivity index (χ1n) is 15.5. The molecule has 11 heteroatoms. The van der Waals surface area contributed by atoms with Gasteiger partial charge in [-0.1, -0.05) is 55.5 Å². The van der Waals surface area contributed by atoms with E-state index in [2.05, 4.69) is 31.0 Å². The zero-order chi connectivity index (χ0) is 31.3. The van der Waals surface area contributed by atoms with Crippen molar-refractivity contribution in [2.75, 3.05) is 45.8 Å². The van der Waals surface area contributed by atoms with E-state index in [1.807, 2.05) is 33.1 Å². The molecule has 0 aromatic heterocycles. The fraction of sp³-hybridized carbons (Fsp3) is 0.515. The highest BCUT2D eigenvalue weighted by molar-refractivity contribution is 5.75. The second-order valence-corrected chi connectivity index (χ2v) is 12.1. The summed E-state index contributed by atoms with van der Waals surface area (Å²) in [6.07, 6.45) is 0.717. The minimum atomic E-state index is -4.40. The van der Waals surface area contributed by atoms with Gasteiger partial charge in [0, 0.05) is 57.8 Å². The lowest BCUT2D eigenvalue weighted by Crippen LogP contribution is -2.52. The van der Waals surface area contributed by atoms with Crippen LogP contribution >= 0.6 is 0 Å². The number of halogens is 3. The van der Waals surface area contributed by atoms with Gasteiger partial charge in [0.2, 0.25) is 0 Å². The summed E-state index contributed by atoms with van der Waals surface area (Å²) in [5, 5.41) is 4.84. The highest BCUT2D eigenvalue weighted by Crippen LogP contribution is 2.42. The molecule has 0 saturated carbocycles. The van der Waals surface area contributed by atoms with Gasteiger partial charge in [0.1, 0.15) is 5.60 Å². The maximum absolute atomic E-state index is 13.3. The number of amides is 4. The molecule has 0 aliphatic carbocycles. The van der Waals surface area contributed by atoms with Crippen LogP contribution in [0.2, 0.25) is 0 Å². The third-order valence-electron chi connectivity index (χ3n) is 9.09. The first-order valence-corrected chi connectivity index (χ1v) is 15.5. The van der Waals surface area contributed by atoms with Crippen molar-refractivity contribution in [3.63, 3.8) is 0 Å². The van der Waals surface area contributed by atoms with Crippen LogP contribution in [0.15, 0.2) is 67.3 Å². The molecule has 2 atom stereocenters. The monoisotopic (exact) mass is 613 g/mol. The van der Waals surface area contributed by atoms with Crippen LogP contribution in [-0.4, -0.2) is 83.7 Å². The average Bonchev–Trinajstić information content (AvgIpc) is 3.68. The van der Waals surface area contributed by atoms with Crippen LogP contribution in [0.1, 0.15) is 49.3 Å². The topological polar surface area (TPSA) is 68.4 Å². The maximum atomic E-state index is 13.3. The number of alkyl halides is 3. The molecule has 3 aliphatic heterocycles. The Balaban J connectivity index is 1.21. The second kappa shape index (κ2) is 13.6. The zero-order valence-corrected chi connectivity index (χ0v) is 25.3. The fourth-order valence-electron chi connectivity index (χ4n) is 6.61. The molecular formula is C33H42F3N5O3. The van der Waals surface area contributed by atoms with Gasteiger partial charge in [0.15, 0.2) is 0 Å². The molecule has 0 unspecified atom stereocenters. The smallest absolute Gasteiger partial charge is 0.334 e. The van der Waals surface area contributed by atoms with Crippen LogP contribution in [0.4, 0.5) is 22.8 Å². The molecule has 238 valence electrons. The van der Waals surface area contributed by atoms with E-state index in [0.29, 0.717) is 51.1 Å². The number of likely N-dealkylation sites (tertiary alicyclic amines) is 2. The number of nitrogens with one attached hydrogen (secondary N) is 1. The van der Waals surface area contributed by atoms with Crippen LogP contribution in [0.3, 0.4) is 0 Å². The lowest BCUT2D eigenvalue weighted by atomic mass is 9.85. The SMILES string of the molecule is C=CCN(C(=O)NCc1ccc(C(F)(F)F)cc1)C1CCN(O[C@]2(c3ccccc3)CN(C(=O)N3CCCC3)C[C@@H]2C)CC1. The summed E-state index contributed by atoms with van der Waals surface area (Å²) < 4.78 is 38.7. The van der Waals surface area contributed by atoms with Crippen molar-refractivity contribution in [1.29, 1.82) is 0 Å². The van der Waals surface area contributed by atoms with Crippen LogP contribution < -0.4 is 5.32 Å². The van der Waals surface area contributed by atoms with Crippen molar-refractivity contribution in [2.45, 2.75) is 57.0 Å². The van der Waals surface area contributed by atoms with Gasteiger partial charge in [-0.2, -0.15) is 18.2 Å². The molecular weight excluding hydrogens is 571 g/mol.